The average Bonchev–Trinajstić information content (AvgIpc) is 3.08. The van der Waals surface area contributed by atoms with E-state index in [2.05, 4.69) is 4.99 Å². The molecule has 0 saturated carbocycles. The fraction of sp³-hybridized carbons (Fsp3) is 0.222. The van der Waals surface area contributed by atoms with Crippen LogP contribution in [0.5, 0.6) is 0 Å². The zero-order chi connectivity index (χ0) is 18.7. The first-order valence-electron chi connectivity index (χ1n) is 7.76. The molecule has 0 saturated heterocycles. The second kappa shape index (κ2) is 7.49. The predicted molar refractivity (Wildman–Crippen MR) is 92.5 cm³/mol. The lowest BCUT2D eigenvalue weighted by Crippen LogP contribution is -2.33. The number of alkyl halides is 3. The zero-order valence-corrected chi connectivity index (χ0v) is 14.3. The van der Waals surface area contributed by atoms with Crippen LogP contribution in [0.1, 0.15) is 21.5 Å². The van der Waals surface area contributed by atoms with E-state index in [1.165, 1.54) is 47.0 Å². The number of rotatable bonds is 3. The van der Waals surface area contributed by atoms with Crippen molar-refractivity contribution in [3.05, 3.63) is 71.0 Å². The minimum absolute atomic E-state index is 0.0303. The normalized spacial score (nSPS) is 14.5. The van der Waals surface area contributed by atoms with Gasteiger partial charge in [0.2, 0.25) is 0 Å². The SMILES string of the molecule is O=C(c1ccccc1F)N1CCN=C1SCc1ccc(C(F)(F)F)cc1. The van der Waals surface area contributed by atoms with Gasteiger partial charge in [0, 0.05) is 12.3 Å². The molecule has 0 unspecified atom stereocenters. The number of halogens is 4. The van der Waals surface area contributed by atoms with Gasteiger partial charge >= 0.3 is 6.18 Å². The molecule has 3 nitrogen and oxygen atoms in total. The molecule has 1 aliphatic heterocycles. The quantitative estimate of drug-likeness (QED) is 0.728. The first-order chi connectivity index (χ1) is 12.4. The summed E-state index contributed by atoms with van der Waals surface area (Å²) in [7, 11) is 0. The molecule has 136 valence electrons. The van der Waals surface area contributed by atoms with E-state index in [1.807, 2.05) is 0 Å². The van der Waals surface area contributed by atoms with Crippen molar-refractivity contribution in [1.82, 2.24) is 4.90 Å². The summed E-state index contributed by atoms with van der Waals surface area (Å²) in [6.07, 6.45) is -4.37. The van der Waals surface area contributed by atoms with E-state index in [0.717, 1.165) is 12.1 Å². The van der Waals surface area contributed by atoms with E-state index in [9.17, 15) is 22.4 Å². The second-order valence-corrected chi connectivity index (χ2v) is 6.53. The van der Waals surface area contributed by atoms with Gasteiger partial charge in [-0.3, -0.25) is 14.7 Å². The van der Waals surface area contributed by atoms with Crippen molar-refractivity contribution in [2.75, 3.05) is 13.1 Å². The molecule has 0 aliphatic carbocycles. The number of amidine groups is 1. The Morgan fingerprint density at radius 2 is 1.81 bits per heavy atom. The predicted octanol–water partition coefficient (Wildman–Crippen LogP) is 4.59. The van der Waals surface area contributed by atoms with Gasteiger partial charge < -0.3 is 0 Å². The molecule has 0 bridgehead atoms. The molecule has 0 N–H and O–H groups in total. The summed E-state index contributed by atoms with van der Waals surface area (Å²) < 4.78 is 51.6. The van der Waals surface area contributed by atoms with Crippen molar-refractivity contribution in [3.63, 3.8) is 0 Å². The number of carbonyl (C=O) groups is 1. The van der Waals surface area contributed by atoms with Gasteiger partial charge in [-0.25, -0.2) is 4.39 Å². The third-order valence-corrected chi connectivity index (χ3v) is 4.89. The van der Waals surface area contributed by atoms with Crippen LogP contribution in [0.3, 0.4) is 0 Å². The maximum absolute atomic E-state index is 13.8. The Kier molecular flexibility index (Phi) is 5.31. The summed E-state index contributed by atoms with van der Waals surface area (Å²) in [6, 6.07) is 10.6. The molecular formula is C18H14F4N2OS. The van der Waals surface area contributed by atoms with Crippen LogP contribution in [0.2, 0.25) is 0 Å². The molecule has 2 aromatic rings. The van der Waals surface area contributed by atoms with E-state index in [4.69, 9.17) is 0 Å². The van der Waals surface area contributed by atoms with Gasteiger partial charge in [0.15, 0.2) is 5.17 Å². The van der Waals surface area contributed by atoms with Crippen LogP contribution < -0.4 is 0 Å². The van der Waals surface area contributed by atoms with Crippen LogP contribution in [-0.4, -0.2) is 29.1 Å². The first-order valence-corrected chi connectivity index (χ1v) is 8.74. The van der Waals surface area contributed by atoms with Gasteiger partial charge in [-0.05, 0) is 29.8 Å². The molecule has 0 fully saturated rings. The highest BCUT2D eigenvalue weighted by Crippen LogP contribution is 2.30. The summed E-state index contributed by atoms with van der Waals surface area (Å²) >= 11 is 1.24. The second-order valence-electron chi connectivity index (χ2n) is 5.58. The standard InChI is InChI=1S/C18H14F4N2OS/c19-15-4-2-1-3-14(15)16(25)24-10-9-23-17(24)26-11-12-5-7-13(8-6-12)18(20,21)22/h1-8H,9-11H2. The summed E-state index contributed by atoms with van der Waals surface area (Å²) in [4.78, 5) is 18.2. The molecule has 1 heterocycles. The van der Waals surface area contributed by atoms with Crippen molar-refractivity contribution >= 4 is 22.8 Å². The van der Waals surface area contributed by atoms with Crippen molar-refractivity contribution in [2.45, 2.75) is 11.9 Å². The fourth-order valence-electron chi connectivity index (χ4n) is 2.46. The molecule has 26 heavy (non-hydrogen) atoms. The van der Waals surface area contributed by atoms with Gasteiger partial charge in [0.05, 0.1) is 17.7 Å². The Morgan fingerprint density at radius 1 is 1.12 bits per heavy atom. The highest BCUT2D eigenvalue weighted by Gasteiger charge is 2.30. The summed E-state index contributed by atoms with van der Waals surface area (Å²) in [5.41, 5.74) is -0.0612. The van der Waals surface area contributed by atoms with Crippen LogP contribution >= 0.6 is 11.8 Å². The molecule has 1 aliphatic rings. The van der Waals surface area contributed by atoms with Crippen LogP contribution in [0.15, 0.2) is 53.5 Å². The van der Waals surface area contributed by atoms with E-state index in [-0.39, 0.29) is 5.56 Å². The largest absolute Gasteiger partial charge is 0.416 e. The topological polar surface area (TPSA) is 32.7 Å². The van der Waals surface area contributed by atoms with Crippen molar-refractivity contribution < 1.29 is 22.4 Å². The Balaban J connectivity index is 1.66. The molecular weight excluding hydrogens is 368 g/mol. The average molecular weight is 382 g/mol. The Bertz CT molecular complexity index is 834. The maximum atomic E-state index is 13.8. The maximum Gasteiger partial charge on any atom is 0.416 e. The molecule has 8 heteroatoms. The smallest absolute Gasteiger partial charge is 0.285 e. The highest BCUT2D eigenvalue weighted by atomic mass is 32.2. The highest BCUT2D eigenvalue weighted by molar-refractivity contribution is 8.13. The number of aliphatic imine (C=N–C) groups is 1. The lowest BCUT2D eigenvalue weighted by Gasteiger charge is -2.18. The monoisotopic (exact) mass is 382 g/mol. The zero-order valence-electron chi connectivity index (χ0n) is 13.5. The van der Waals surface area contributed by atoms with Crippen molar-refractivity contribution in [1.29, 1.82) is 0 Å². The van der Waals surface area contributed by atoms with Gasteiger partial charge in [-0.1, -0.05) is 36.0 Å². The molecule has 0 atom stereocenters. The van der Waals surface area contributed by atoms with E-state index in [0.29, 0.717) is 29.6 Å². The Morgan fingerprint density at radius 3 is 2.46 bits per heavy atom. The number of amides is 1. The molecule has 3 rings (SSSR count). The summed E-state index contributed by atoms with van der Waals surface area (Å²) in [6.45, 7) is 0.762. The lowest BCUT2D eigenvalue weighted by atomic mass is 10.1. The van der Waals surface area contributed by atoms with Crippen LogP contribution in [0, 0.1) is 5.82 Å². The van der Waals surface area contributed by atoms with Gasteiger partial charge in [-0.2, -0.15) is 13.2 Å². The van der Waals surface area contributed by atoms with Gasteiger partial charge in [0.1, 0.15) is 5.82 Å². The van der Waals surface area contributed by atoms with Gasteiger partial charge in [0.25, 0.3) is 5.91 Å². The number of hydrogen-bond donors (Lipinski definition) is 0. The molecule has 2 aromatic carbocycles. The number of benzene rings is 2. The number of carbonyl (C=O) groups excluding carboxylic acids is 1. The summed E-state index contributed by atoms with van der Waals surface area (Å²) in [5.74, 6) is -0.714. The summed E-state index contributed by atoms with van der Waals surface area (Å²) in [5, 5.41) is 0.443. The van der Waals surface area contributed by atoms with Crippen molar-refractivity contribution in [3.8, 4) is 0 Å². The number of hydrogen-bond acceptors (Lipinski definition) is 3. The third-order valence-electron chi connectivity index (χ3n) is 3.80. The van der Waals surface area contributed by atoms with Crippen LogP contribution in [-0.2, 0) is 11.9 Å². The van der Waals surface area contributed by atoms with E-state index in [1.54, 1.807) is 6.07 Å². The van der Waals surface area contributed by atoms with Crippen LogP contribution in [0.4, 0.5) is 17.6 Å². The fourth-order valence-corrected chi connectivity index (χ4v) is 3.46. The molecule has 0 radical (unpaired) electrons. The Labute approximate surface area is 151 Å². The first kappa shape index (κ1) is 18.4. The molecule has 1 amide bonds. The Hall–Kier alpha value is -2.35. The lowest BCUT2D eigenvalue weighted by molar-refractivity contribution is -0.137. The van der Waals surface area contributed by atoms with E-state index >= 15 is 0 Å². The molecule has 0 spiro atoms. The minimum atomic E-state index is -4.37. The van der Waals surface area contributed by atoms with Crippen molar-refractivity contribution in [2.24, 2.45) is 4.99 Å². The minimum Gasteiger partial charge on any atom is -0.285 e. The molecule has 0 aromatic heterocycles. The van der Waals surface area contributed by atoms with Crippen LogP contribution in [0.25, 0.3) is 0 Å². The third kappa shape index (κ3) is 4.07. The van der Waals surface area contributed by atoms with Gasteiger partial charge in [-0.15, -0.1) is 0 Å². The number of nitrogens with zero attached hydrogens (tertiary/aromatic N) is 2. The number of thioether (sulfide) groups is 1. The van der Waals surface area contributed by atoms with E-state index < -0.39 is 23.5 Å².